The summed E-state index contributed by atoms with van der Waals surface area (Å²) in [5.74, 6) is 0. The molecule has 0 bridgehead atoms. The van der Waals surface area contributed by atoms with Crippen LogP contribution in [0.4, 0.5) is 5.69 Å². The Balaban J connectivity index is 3.02. The van der Waals surface area contributed by atoms with Crippen LogP contribution >= 0.6 is 0 Å². The summed E-state index contributed by atoms with van der Waals surface area (Å²) in [6, 6.07) is 4.85. The second-order valence-corrected chi connectivity index (χ2v) is 5.15. The molecule has 0 saturated heterocycles. The minimum atomic E-state index is -4.10. The van der Waals surface area contributed by atoms with Crippen LogP contribution in [0.25, 0.3) is 0 Å². The van der Waals surface area contributed by atoms with Crippen LogP contribution in [0.1, 0.15) is 0 Å². The number of hydrogen-bond donors (Lipinski definition) is 3. The van der Waals surface area contributed by atoms with E-state index >= 15 is 0 Å². The van der Waals surface area contributed by atoms with Crippen LogP contribution in [0.2, 0.25) is 0 Å². The van der Waals surface area contributed by atoms with E-state index in [1.54, 1.807) is 0 Å². The number of hydrogen-bond acceptors (Lipinski definition) is 6. The number of sulfonamides is 1. The molecule has 1 unspecified atom stereocenters. The highest BCUT2D eigenvalue weighted by Crippen LogP contribution is 2.22. The Morgan fingerprint density at radius 2 is 2.00 bits per heavy atom. The van der Waals surface area contributed by atoms with Gasteiger partial charge in [-0.3, -0.25) is 10.1 Å². The summed E-state index contributed by atoms with van der Waals surface area (Å²) < 4.78 is 25.5. The molecule has 0 aliphatic rings. The Morgan fingerprint density at radius 3 is 2.56 bits per heavy atom. The van der Waals surface area contributed by atoms with Crippen LogP contribution in [0.3, 0.4) is 0 Å². The molecule has 1 aromatic carbocycles. The van der Waals surface area contributed by atoms with Crippen molar-refractivity contribution < 1.29 is 23.6 Å². The van der Waals surface area contributed by atoms with Crippen LogP contribution < -0.4 is 4.72 Å². The molecule has 0 saturated carbocycles. The third-order valence-electron chi connectivity index (χ3n) is 2.07. The van der Waals surface area contributed by atoms with Crippen molar-refractivity contribution in [2.24, 2.45) is 0 Å². The summed E-state index contributed by atoms with van der Waals surface area (Å²) in [6.45, 7) is -1.04. The fourth-order valence-corrected chi connectivity index (χ4v) is 2.43. The first kappa shape index (κ1) is 14.5. The van der Waals surface area contributed by atoms with Crippen LogP contribution in [0.5, 0.6) is 0 Å². The molecule has 0 radical (unpaired) electrons. The topological polar surface area (TPSA) is 130 Å². The lowest BCUT2D eigenvalue weighted by atomic mass is 10.3. The third-order valence-corrected chi connectivity index (χ3v) is 3.54. The van der Waals surface area contributed by atoms with Crippen LogP contribution in [-0.2, 0) is 10.0 Å². The van der Waals surface area contributed by atoms with Gasteiger partial charge in [0.05, 0.1) is 17.6 Å². The second kappa shape index (κ2) is 5.87. The summed E-state index contributed by atoms with van der Waals surface area (Å²) in [6.07, 6.45) is -1.26. The number of aliphatic hydroxyl groups is 2. The highest BCUT2D eigenvalue weighted by atomic mass is 32.2. The van der Waals surface area contributed by atoms with E-state index in [-0.39, 0.29) is 0 Å². The summed E-state index contributed by atoms with van der Waals surface area (Å²) >= 11 is 0. The molecule has 3 N–H and O–H groups in total. The van der Waals surface area contributed by atoms with Crippen molar-refractivity contribution in [2.45, 2.75) is 11.0 Å². The summed E-state index contributed by atoms with van der Waals surface area (Å²) in [7, 11) is -4.10. The van der Waals surface area contributed by atoms with Crippen molar-refractivity contribution >= 4 is 15.7 Å². The summed E-state index contributed by atoms with van der Waals surface area (Å²) in [5, 5.41) is 28.3. The average Bonchev–Trinajstić information content (AvgIpc) is 2.36. The predicted octanol–water partition coefficient (Wildman–Crippen LogP) is -0.774. The number of para-hydroxylation sites is 1. The van der Waals surface area contributed by atoms with Gasteiger partial charge >= 0.3 is 0 Å². The van der Waals surface area contributed by atoms with Gasteiger partial charge in [-0.2, -0.15) is 0 Å². The molecule has 9 heteroatoms. The molecule has 8 nitrogen and oxygen atoms in total. The Kier molecular flexibility index (Phi) is 4.73. The molecule has 18 heavy (non-hydrogen) atoms. The van der Waals surface area contributed by atoms with Crippen LogP contribution in [0.15, 0.2) is 29.2 Å². The number of nitro benzene ring substituents is 1. The van der Waals surface area contributed by atoms with E-state index in [0.29, 0.717) is 0 Å². The normalized spacial score (nSPS) is 13.2. The van der Waals surface area contributed by atoms with E-state index in [2.05, 4.69) is 0 Å². The zero-order valence-electron chi connectivity index (χ0n) is 9.18. The number of nitrogens with zero attached hydrogens (tertiary/aromatic N) is 1. The van der Waals surface area contributed by atoms with Crippen molar-refractivity contribution in [3.05, 3.63) is 34.4 Å². The smallest absolute Gasteiger partial charge is 0.289 e. The van der Waals surface area contributed by atoms with Crippen molar-refractivity contribution in [1.29, 1.82) is 0 Å². The lowest BCUT2D eigenvalue weighted by molar-refractivity contribution is -0.387. The van der Waals surface area contributed by atoms with E-state index < -0.39 is 44.8 Å². The maximum absolute atomic E-state index is 11.8. The van der Waals surface area contributed by atoms with Gasteiger partial charge in [0, 0.05) is 12.6 Å². The maximum atomic E-state index is 11.8. The predicted molar refractivity (Wildman–Crippen MR) is 61.4 cm³/mol. The monoisotopic (exact) mass is 276 g/mol. The van der Waals surface area contributed by atoms with Crippen LogP contribution in [0, 0.1) is 10.1 Å². The number of nitro groups is 1. The van der Waals surface area contributed by atoms with Gasteiger partial charge in [0.1, 0.15) is 0 Å². The molecule has 0 aliphatic heterocycles. The molecule has 0 heterocycles. The zero-order valence-corrected chi connectivity index (χ0v) is 10.0. The minimum absolute atomic E-state index is 0.426. The molecular weight excluding hydrogens is 264 g/mol. The van der Waals surface area contributed by atoms with Gasteiger partial charge in [-0.25, -0.2) is 13.1 Å². The fraction of sp³-hybridized carbons (Fsp3) is 0.333. The van der Waals surface area contributed by atoms with Gasteiger partial charge in [-0.05, 0) is 6.07 Å². The number of nitrogens with one attached hydrogen (secondary N) is 1. The molecule has 0 amide bonds. The number of rotatable bonds is 6. The van der Waals surface area contributed by atoms with E-state index in [1.165, 1.54) is 12.1 Å². The van der Waals surface area contributed by atoms with Gasteiger partial charge in [-0.15, -0.1) is 0 Å². The first-order valence-electron chi connectivity index (χ1n) is 4.90. The highest BCUT2D eigenvalue weighted by molar-refractivity contribution is 7.89. The van der Waals surface area contributed by atoms with E-state index in [0.717, 1.165) is 12.1 Å². The van der Waals surface area contributed by atoms with Gasteiger partial charge in [0.15, 0.2) is 4.90 Å². The highest BCUT2D eigenvalue weighted by Gasteiger charge is 2.25. The Morgan fingerprint density at radius 1 is 1.39 bits per heavy atom. The van der Waals surface area contributed by atoms with Crippen molar-refractivity contribution in [1.82, 2.24) is 4.72 Å². The summed E-state index contributed by atoms with van der Waals surface area (Å²) in [4.78, 5) is 9.39. The standard InChI is InChI=1S/C9H12N2O6S/c12-6-7(13)5-10-18(16,17)9-4-2-1-3-8(9)11(14)15/h1-4,7,10,12-13H,5-6H2. The van der Waals surface area contributed by atoms with E-state index in [9.17, 15) is 18.5 Å². The second-order valence-electron chi connectivity index (χ2n) is 3.41. The van der Waals surface area contributed by atoms with Crippen LogP contribution in [-0.4, -0.2) is 42.8 Å². The first-order valence-corrected chi connectivity index (χ1v) is 6.39. The van der Waals surface area contributed by atoms with Gasteiger partial charge in [0.2, 0.25) is 10.0 Å². The zero-order chi connectivity index (χ0) is 13.8. The molecule has 0 aliphatic carbocycles. The molecule has 1 aromatic rings. The maximum Gasteiger partial charge on any atom is 0.289 e. The first-order chi connectivity index (χ1) is 8.38. The molecule has 0 spiro atoms. The lowest BCUT2D eigenvalue weighted by Crippen LogP contribution is -2.34. The molecule has 0 aromatic heterocycles. The van der Waals surface area contributed by atoms with Gasteiger partial charge < -0.3 is 10.2 Å². The molecule has 0 fully saturated rings. The summed E-state index contributed by atoms with van der Waals surface area (Å²) in [5.41, 5.74) is -0.552. The van der Waals surface area contributed by atoms with Gasteiger partial charge in [0.25, 0.3) is 5.69 Å². The number of aliphatic hydroxyl groups excluding tert-OH is 2. The lowest BCUT2D eigenvalue weighted by Gasteiger charge is -2.09. The number of benzene rings is 1. The third kappa shape index (κ3) is 3.47. The quantitative estimate of drug-likeness (QED) is 0.462. The fourth-order valence-electron chi connectivity index (χ4n) is 1.18. The van der Waals surface area contributed by atoms with Crippen molar-refractivity contribution in [3.8, 4) is 0 Å². The Hall–Kier alpha value is -1.55. The largest absolute Gasteiger partial charge is 0.394 e. The van der Waals surface area contributed by atoms with Crippen molar-refractivity contribution in [3.63, 3.8) is 0 Å². The SMILES string of the molecule is O=[N+]([O-])c1ccccc1S(=O)(=O)NCC(O)CO. The van der Waals surface area contributed by atoms with Crippen molar-refractivity contribution in [2.75, 3.05) is 13.2 Å². The average molecular weight is 276 g/mol. The molecule has 1 rings (SSSR count). The Labute approximate surface area is 103 Å². The van der Waals surface area contributed by atoms with Gasteiger partial charge in [-0.1, -0.05) is 12.1 Å². The molecular formula is C9H12N2O6S. The molecule has 1 atom stereocenters. The minimum Gasteiger partial charge on any atom is -0.394 e. The Bertz CT molecular complexity index is 530. The van der Waals surface area contributed by atoms with E-state index in [1.807, 2.05) is 4.72 Å². The molecule has 100 valence electrons. The van der Waals surface area contributed by atoms with E-state index in [4.69, 9.17) is 10.2 Å².